The minimum absolute atomic E-state index is 0.0755. The Morgan fingerprint density at radius 2 is 2.15 bits per heavy atom. The largest absolute Gasteiger partial charge is 0.375 e. The summed E-state index contributed by atoms with van der Waals surface area (Å²) in [6.07, 6.45) is 9.01. The van der Waals surface area contributed by atoms with Crippen molar-refractivity contribution in [3.63, 3.8) is 0 Å². The summed E-state index contributed by atoms with van der Waals surface area (Å²) in [5.41, 5.74) is 2.35. The first-order chi connectivity index (χ1) is 12.8. The second kappa shape index (κ2) is 8.25. The van der Waals surface area contributed by atoms with Gasteiger partial charge in [0.15, 0.2) is 0 Å². The van der Waals surface area contributed by atoms with Crippen LogP contribution in [0.3, 0.4) is 0 Å². The van der Waals surface area contributed by atoms with Gasteiger partial charge in [0.1, 0.15) is 0 Å². The van der Waals surface area contributed by atoms with E-state index in [-0.39, 0.29) is 5.60 Å². The molecule has 2 aliphatic heterocycles. The van der Waals surface area contributed by atoms with Crippen LogP contribution in [-0.2, 0) is 22.6 Å². The van der Waals surface area contributed by atoms with Crippen LogP contribution >= 0.6 is 0 Å². The van der Waals surface area contributed by atoms with E-state index in [0.717, 1.165) is 57.8 Å². The third-order valence-electron chi connectivity index (χ3n) is 5.39. The lowest BCUT2D eigenvalue weighted by molar-refractivity contribution is -0.182. The monoisotopic (exact) mass is 353 g/mol. The molecule has 0 N–H and O–H groups in total. The first kappa shape index (κ1) is 17.6. The Hall–Kier alpha value is -1.82. The van der Waals surface area contributed by atoms with E-state index >= 15 is 0 Å². The maximum Gasteiger partial charge on any atom is 0.0937 e. The Balaban J connectivity index is 1.18. The summed E-state index contributed by atoms with van der Waals surface area (Å²) >= 11 is 0. The molecule has 2 aliphatic rings. The number of rotatable bonds is 7. The second-order valence-electron chi connectivity index (χ2n) is 7.56. The van der Waals surface area contributed by atoms with E-state index in [2.05, 4.69) is 20.9 Å². The molecule has 26 heavy (non-hydrogen) atoms. The summed E-state index contributed by atoms with van der Waals surface area (Å²) in [4.78, 5) is 11.0. The van der Waals surface area contributed by atoms with E-state index in [1.165, 1.54) is 5.56 Å². The van der Waals surface area contributed by atoms with Crippen molar-refractivity contribution in [1.29, 1.82) is 0 Å². The Morgan fingerprint density at radius 3 is 2.96 bits per heavy atom. The number of aromatic nitrogens is 2. The Kier molecular flexibility index (Phi) is 5.58. The first-order valence-corrected chi connectivity index (χ1v) is 9.54. The predicted octanol–water partition coefficient (Wildman–Crippen LogP) is 3.06. The Bertz CT molecular complexity index is 674. The van der Waals surface area contributed by atoms with E-state index in [1.54, 1.807) is 0 Å². The highest BCUT2D eigenvalue weighted by atomic mass is 16.5. The number of pyridine rings is 2. The van der Waals surface area contributed by atoms with Crippen LogP contribution < -0.4 is 0 Å². The van der Waals surface area contributed by atoms with Gasteiger partial charge in [-0.15, -0.1) is 0 Å². The van der Waals surface area contributed by atoms with Crippen molar-refractivity contribution in [2.75, 3.05) is 26.3 Å². The summed E-state index contributed by atoms with van der Waals surface area (Å²) in [5, 5.41) is 0. The summed E-state index contributed by atoms with van der Waals surface area (Å²) in [6, 6.07) is 10.1. The van der Waals surface area contributed by atoms with Crippen molar-refractivity contribution in [3.8, 4) is 0 Å². The number of ether oxygens (including phenoxy) is 2. The van der Waals surface area contributed by atoms with Crippen LogP contribution in [0.25, 0.3) is 0 Å². The summed E-state index contributed by atoms with van der Waals surface area (Å²) in [6.45, 7) is 5.33. The normalized spacial score (nSPS) is 22.2. The molecule has 1 unspecified atom stereocenters. The molecule has 4 heterocycles. The molecular formula is C21H27N3O2. The minimum Gasteiger partial charge on any atom is -0.375 e. The third-order valence-corrected chi connectivity index (χ3v) is 5.39. The molecule has 0 bridgehead atoms. The minimum atomic E-state index is 0.0755. The van der Waals surface area contributed by atoms with Crippen molar-refractivity contribution in [2.24, 2.45) is 5.92 Å². The van der Waals surface area contributed by atoms with Crippen LogP contribution in [0.1, 0.15) is 30.5 Å². The molecule has 0 radical (unpaired) electrons. The van der Waals surface area contributed by atoms with Gasteiger partial charge in [0.05, 0.1) is 17.9 Å². The van der Waals surface area contributed by atoms with Crippen molar-refractivity contribution < 1.29 is 9.47 Å². The van der Waals surface area contributed by atoms with Gasteiger partial charge >= 0.3 is 0 Å². The van der Waals surface area contributed by atoms with Crippen molar-refractivity contribution in [3.05, 3.63) is 60.2 Å². The molecule has 0 saturated carbocycles. The van der Waals surface area contributed by atoms with E-state index in [0.29, 0.717) is 12.5 Å². The van der Waals surface area contributed by atoms with Gasteiger partial charge in [-0.05, 0) is 48.9 Å². The summed E-state index contributed by atoms with van der Waals surface area (Å²) < 4.78 is 12.0. The van der Waals surface area contributed by atoms with Gasteiger partial charge in [-0.1, -0.05) is 12.1 Å². The first-order valence-electron chi connectivity index (χ1n) is 9.54. The van der Waals surface area contributed by atoms with Crippen LogP contribution in [0.15, 0.2) is 48.9 Å². The van der Waals surface area contributed by atoms with Crippen LogP contribution in [-0.4, -0.2) is 46.8 Å². The zero-order valence-corrected chi connectivity index (χ0v) is 15.2. The SMILES string of the molecule is c1ccc(COCCC2CCOC3(C2)CN(Cc2cccnc2)C3)nc1. The zero-order valence-electron chi connectivity index (χ0n) is 15.2. The highest BCUT2D eigenvalue weighted by molar-refractivity contribution is 5.11. The van der Waals surface area contributed by atoms with E-state index in [4.69, 9.17) is 9.47 Å². The molecule has 2 saturated heterocycles. The lowest BCUT2D eigenvalue weighted by Crippen LogP contribution is -2.64. The third kappa shape index (κ3) is 4.47. The molecule has 5 nitrogen and oxygen atoms in total. The Labute approximate surface area is 155 Å². The molecule has 5 heteroatoms. The maximum atomic E-state index is 6.17. The van der Waals surface area contributed by atoms with Crippen molar-refractivity contribution in [1.82, 2.24) is 14.9 Å². The average molecular weight is 353 g/mol. The molecule has 2 aromatic heterocycles. The van der Waals surface area contributed by atoms with Gasteiger partial charge in [-0.3, -0.25) is 14.9 Å². The molecule has 0 aliphatic carbocycles. The fourth-order valence-corrected chi connectivity index (χ4v) is 4.14. The quantitative estimate of drug-likeness (QED) is 0.716. The molecule has 0 aromatic carbocycles. The topological polar surface area (TPSA) is 47.5 Å². The Morgan fingerprint density at radius 1 is 1.19 bits per heavy atom. The lowest BCUT2D eigenvalue weighted by Gasteiger charge is -2.53. The van der Waals surface area contributed by atoms with Gasteiger partial charge in [-0.25, -0.2) is 0 Å². The number of nitrogens with zero attached hydrogens (tertiary/aromatic N) is 3. The maximum absolute atomic E-state index is 6.17. The molecule has 2 aromatic rings. The van der Waals surface area contributed by atoms with Crippen molar-refractivity contribution in [2.45, 2.75) is 38.0 Å². The number of likely N-dealkylation sites (tertiary alicyclic amines) is 1. The fourth-order valence-electron chi connectivity index (χ4n) is 4.14. The molecule has 1 spiro atoms. The summed E-state index contributed by atoms with van der Waals surface area (Å²) in [7, 11) is 0. The highest BCUT2D eigenvalue weighted by Gasteiger charge is 2.47. The summed E-state index contributed by atoms with van der Waals surface area (Å²) in [5.74, 6) is 0.702. The lowest BCUT2D eigenvalue weighted by atomic mass is 9.79. The van der Waals surface area contributed by atoms with E-state index in [9.17, 15) is 0 Å². The van der Waals surface area contributed by atoms with Gasteiger partial charge in [0, 0.05) is 51.4 Å². The standard InChI is InChI=1S/C21H27N3O2/c1-2-9-23-20(5-1)15-25-10-6-18-7-11-26-21(12-18)16-24(17-21)14-19-4-3-8-22-13-19/h1-5,8-9,13,18H,6-7,10-12,14-17H2. The number of hydrogen-bond donors (Lipinski definition) is 0. The fraction of sp³-hybridized carbons (Fsp3) is 0.524. The smallest absolute Gasteiger partial charge is 0.0937 e. The predicted molar refractivity (Wildman–Crippen MR) is 99.4 cm³/mol. The zero-order chi connectivity index (χ0) is 17.7. The van der Waals surface area contributed by atoms with Crippen molar-refractivity contribution >= 4 is 0 Å². The van der Waals surface area contributed by atoms with Crippen LogP contribution in [0, 0.1) is 5.92 Å². The van der Waals surface area contributed by atoms with Gasteiger partial charge in [0.25, 0.3) is 0 Å². The molecule has 4 rings (SSSR count). The van der Waals surface area contributed by atoms with Gasteiger partial charge in [-0.2, -0.15) is 0 Å². The molecular weight excluding hydrogens is 326 g/mol. The second-order valence-corrected chi connectivity index (χ2v) is 7.56. The average Bonchev–Trinajstić information content (AvgIpc) is 2.66. The molecule has 1 atom stereocenters. The molecule has 2 fully saturated rings. The van der Waals surface area contributed by atoms with Gasteiger partial charge in [0.2, 0.25) is 0 Å². The number of hydrogen-bond acceptors (Lipinski definition) is 5. The van der Waals surface area contributed by atoms with Crippen LogP contribution in [0.4, 0.5) is 0 Å². The molecule has 138 valence electrons. The highest BCUT2D eigenvalue weighted by Crippen LogP contribution is 2.38. The van der Waals surface area contributed by atoms with E-state index in [1.807, 2.05) is 42.9 Å². The van der Waals surface area contributed by atoms with E-state index < -0.39 is 0 Å². The molecule has 0 amide bonds. The van der Waals surface area contributed by atoms with Crippen LogP contribution in [0.5, 0.6) is 0 Å². The van der Waals surface area contributed by atoms with Gasteiger partial charge < -0.3 is 9.47 Å². The van der Waals surface area contributed by atoms with Crippen LogP contribution in [0.2, 0.25) is 0 Å².